The van der Waals surface area contributed by atoms with Crippen molar-refractivity contribution in [3.63, 3.8) is 0 Å². The molecule has 0 aliphatic rings. The first kappa shape index (κ1) is 22.4. The molecule has 168 valence electrons. The van der Waals surface area contributed by atoms with E-state index in [9.17, 15) is 4.79 Å². The van der Waals surface area contributed by atoms with Crippen LogP contribution in [0, 0.1) is 0 Å². The van der Waals surface area contributed by atoms with Crippen LogP contribution in [0.4, 0.5) is 5.69 Å². The number of carbonyl (C=O) groups excluding carboxylic acids is 1. The molecular formula is C25H24N4O3S. The van der Waals surface area contributed by atoms with Crippen LogP contribution < -0.4 is 14.8 Å². The third-order valence-electron chi connectivity index (χ3n) is 4.79. The number of rotatable bonds is 9. The molecule has 1 heterocycles. The van der Waals surface area contributed by atoms with E-state index in [0.29, 0.717) is 29.0 Å². The van der Waals surface area contributed by atoms with Crippen LogP contribution in [-0.4, -0.2) is 40.1 Å². The van der Waals surface area contributed by atoms with Gasteiger partial charge in [-0.2, -0.15) is 0 Å². The summed E-state index contributed by atoms with van der Waals surface area (Å²) >= 11 is 1.32. The lowest BCUT2D eigenvalue weighted by Crippen LogP contribution is -2.15. The number of aromatic nitrogens is 3. The fraction of sp³-hybridized carbons (Fsp3) is 0.160. The zero-order valence-corrected chi connectivity index (χ0v) is 19.2. The van der Waals surface area contributed by atoms with Crippen molar-refractivity contribution in [3.05, 3.63) is 78.9 Å². The van der Waals surface area contributed by atoms with E-state index in [1.54, 1.807) is 7.11 Å². The van der Waals surface area contributed by atoms with E-state index in [0.717, 1.165) is 17.0 Å². The molecule has 0 atom stereocenters. The minimum atomic E-state index is -0.152. The molecule has 1 N–H and O–H groups in total. The van der Waals surface area contributed by atoms with Gasteiger partial charge in [0, 0.05) is 11.3 Å². The van der Waals surface area contributed by atoms with Crippen LogP contribution in [0.25, 0.3) is 17.1 Å². The molecule has 4 aromatic rings. The van der Waals surface area contributed by atoms with Gasteiger partial charge in [-0.1, -0.05) is 42.1 Å². The SMILES string of the molecule is CCOc1ccccc1NC(=O)CSc1nnc(-c2ccc(OC)cc2)n1-c1ccccc1. The summed E-state index contributed by atoms with van der Waals surface area (Å²) in [5, 5.41) is 12.3. The third kappa shape index (κ3) is 5.35. The molecular weight excluding hydrogens is 436 g/mol. The second-order valence-electron chi connectivity index (χ2n) is 6.97. The van der Waals surface area contributed by atoms with Gasteiger partial charge in [0.1, 0.15) is 11.5 Å². The van der Waals surface area contributed by atoms with E-state index in [4.69, 9.17) is 9.47 Å². The van der Waals surface area contributed by atoms with Gasteiger partial charge in [-0.05, 0) is 55.5 Å². The highest BCUT2D eigenvalue weighted by Gasteiger charge is 2.18. The molecule has 0 fully saturated rings. The highest BCUT2D eigenvalue weighted by Crippen LogP contribution is 2.29. The number of para-hydroxylation sites is 3. The minimum Gasteiger partial charge on any atom is -0.497 e. The molecule has 0 unspecified atom stereocenters. The molecule has 0 bridgehead atoms. The Morgan fingerprint density at radius 3 is 2.42 bits per heavy atom. The van der Waals surface area contributed by atoms with Crippen LogP contribution in [0.1, 0.15) is 6.92 Å². The Hall–Kier alpha value is -3.78. The van der Waals surface area contributed by atoms with Crippen LogP contribution >= 0.6 is 11.8 Å². The smallest absolute Gasteiger partial charge is 0.234 e. The summed E-state index contributed by atoms with van der Waals surface area (Å²) in [6.45, 7) is 2.43. The summed E-state index contributed by atoms with van der Waals surface area (Å²) in [6.07, 6.45) is 0. The van der Waals surface area contributed by atoms with Gasteiger partial charge in [0.05, 0.1) is 25.2 Å². The Labute approximate surface area is 196 Å². The molecule has 0 aliphatic heterocycles. The molecule has 4 rings (SSSR count). The average molecular weight is 461 g/mol. The largest absolute Gasteiger partial charge is 0.497 e. The molecule has 0 aliphatic carbocycles. The number of amides is 1. The van der Waals surface area contributed by atoms with Crippen molar-refractivity contribution >= 4 is 23.4 Å². The van der Waals surface area contributed by atoms with Gasteiger partial charge in [0.25, 0.3) is 0 Å². The molecule has 0 spiro atoms. The first-order chi connectivity index (χ1) is 16.2. The average Bonchev–Trinajstić information content (AvgIpc) is 3.29. The maximum absolute atomic E-state index is 12.7. The van der Waals surface area contributed by atoms with E-state index in [-0.39, 0.29) is 11.7 Å². The van der Waals surface area contributed by atoms with Gasteiger partial charge in [-0.15, -0.1) is 10.2 Å². The van der Waals surface area contributed by atoms with Crippen molar-refractivity contribution in [2.75, 3.05) is 24.8 Å². The van der Waals surface area contributed by atoms with Crippen molar-refractivity contribution in [3.8, 4) is 28.6 Å². The fourth-order valence-electron chi connectivity index (χ4n) is 3.27. The number of methoxy groups -OCH3 is 1. The zero-order chi connectivity index (χ0) is 23.0. The normalized spacial score (nSPS) is 10.6. The Balaban J connectivity index is 1.56. The molecule has 1 amide bonds. The second kappa shape index (κ2) is 10.7. The molecule has 1 aromatic heterocycles. The highest BCUT2D eigenvalue weighted by molar-refractivity contribution is 7.99. The van der Waals surface area contributed by atoms with Gasteiger partial charge in [0.2, 0.25) is 5.91 Å². The summed E-state index contributed by atoms with van der Waals surface area (Å²) in [4.78, 5) is 12.7. The van der Waals surface area contributed by atoms with E-state index in [2.05, 4.69) is 15.5 Å². The number of thioether (sulfide) groups is 1. The van der Waals surface area contributed by atoms with E-state index in [1.807, 2.05) is 90.4 Å². The number of benzene rings is 3. The standard InChI is InChI=1S/C25H24N4O3S/c1-3-32-22-12-8-7-11-21(22)26-23(30)17-33-25-28-27-24(18-13-15-20(31-2)16-14-18)29(25)19-9-5-4-6-10-19/h4-16H,3,17H2,1-2H3,(H,26,30). The quantitative estimate of drug-likeness (QED) is 0.351. The van der Waals surface area contributed by atoms with E-state index >= 15 is 0 Å². The van der Waals surface area contributed by atoms with Gasteiger partial charge >= 0.3 is 0 Å². The van der Waals surface area contributed by atoms with E-state index < -0.39 is 0 Å². The van der Waals surface area contributed by atoms with Crippen LogP contribution in [0.5, 0.6) is 11.5 Å². The number of carbonyl (C=O) groups is 1. The second-order valence-corrected chi connectivity index (χ2v) is 7.91. The van der Waals surface area contributed by atoms with Crippen molar-refractivity contribution in [1.82, 2.24) is 14.8 Å². The number of ether oxygens (including phenoxy) is 2. The zero-order valence-electron chi connectivity index (χ0n) is 18.4. The predicted octanol–water partition coefficient (Wildman–Crippen LogP) is 5.07. The number of nitrogens with one attached hydrogen (secondary N) is 1. The summed E-state index contributed by atoms with van der Waals surface area (Å²) in [5.74, 6) is 2.12. The first-order valence-corrected chi connectivity index (χ1v) is 11.5. The number of hydrogen-bond acceptors (Lipinski definition) is 6. The molecule has 7 nitrogen and oxygen atoms in total. The molecule has 0 radical (unpaired) electrons. The minimum absolute atomic E-state index is 0.152. The van der Waals surface area contributed by atoms with E-state index in [1.165, 1.54) is 11.8 Å². The van der Waals surface area contributed by atoms with Crippen LogP contribution in [0.15, 0.2) is 84.0 Å². The molecule has 8 heteroatoms. The van der Waals surface area contributed by atoms with Crippen LogP contribution in [0.2, 0.25) is 0 Å². The Bertz CT molecular complexity index is 1210. The third-order valence-corrected chi connectivity index (χ3v) is 5.72. The molecule has 3 aromatic carbocycles. The molecule has 0 saturated carbocycles. The lowest BCUT2D eigenvalue weighted by Gasteiger charge is -2.12. The lowest BCUT2D eigenvalue weighted by atomic mass is 10.2. The summed E-state index contributed by atoms with van der Waals surface area (Å²) in [7, 11) is 1.63. The van der Waals surface area contributed by atoms with Gasteiger partial charge in [-0.3, -0.25) is 9.36 Å². The maximum Gasteiger partial charge on any atom is 0.234 e. The van der Waals surface area contributed by atoms with Gasteiger partial charge < -0.3 is 14.8 Å². The fourth-order valence-corrected chi connectivity index (χ4v) is 4.02. The van der Waals surface area contributed by atoms with Crippen molar-refractivity contribution < 1.29 is 14.3 Å². The first-order valence-electron chi connectivity index (χ1n) is 10.5. The Kier molecular flexibility index (Phi) is 7.26. The number of anilines is 1. The molecule has 33 heavy (non-hydrogen) atoms. The highest BCUT2D eigenvalue weighted by atomic mass is 32.2. The Morgan fingerprint density at radius 1 is 0.970 bits per heavy atom. The predicted molar refractivity (Wildman–Crippen MR) is 130 cm³/mol. The lowest BCUT2D eigenvalue weighted by molar-refractivity contribution is -0.113. The summed E-state index contributed by atoms with van der Waals surface area (Å²) < 4.78 is 12.8. The van der Waals surface area contributed by atoms with Crippen molar-refractivity contribution in [1.29, 1.82) is 0 Å². The van der Waals surface area contributed by atoms with Gasteiger partial charge in [0.15, 0.2) is 11.0 Å². The maximum atomic E-state index is 12.7. The number of hydrogen-bond donors (Lipinski definition) is 1. The molecule has 0 saturated heterocycles. The van der Waals surface area contributed by atoms with Crippen LogP contribution in [0.3, 0.4) is 0 Å². The van der Waals surface area contributed by atoms with Crippen molar-refractivity contribution in [2.24, 2.45) is 0 Å². The monoisotopic (exact) mass is 460 g/mol. The number of nitrogens with zero attached hydrogens (tertiary/aromatic N) is 3. The van der Waals surface area contributed by atoms with Gasteiger partial charge in [-0.25, -0.2) is 0 Å². The summed E-state index contributed by atoms with van der Waals surface area (Å²) in [6, 6.07) is 24.9. The van der Waals surface area contributed by atoms with Crippen LogP contribution in [-0.2, 0) is 4.79 Å². The van der Waals surface area contributed by atoms with Crippen molar-refractivity contribution in [2.45, 2.75) is 12.1 Å². The Morgan fingerprint density at radius 2 is 1.70 bits per heavy atom. The topological polar surface area (TPSA) is 78.3 Å². The summed E-state index contributed by atoms with van der Waals surface area (Å²) in [5.41, 5.74) is 2.46.